The smallest absolute Gasteiger partial charge is 0.264 e. The molecular weight excluding hydrogens is 404 g/mol. The number of methoxy groups -OCH3 is 1. The summed E-state index contributed by atoms with van der Waals surface area (Å²) in [5.41, 5.74) is 5.14. The molecule has 0 aliphatic rings. The molecule has 2 aromatic heterocycles. The molecular formula is C19H22N8O2S. The zero-order valence-corrected chi connectivity index (χ0v) is 17.4. The first-order chi connectivity index (χ1) is 14.6. The maximum atomic E-state index is 12.1. The van der Waals surface area contributed by atoms with Gasteiger partial charge in [-0.2, -0.15) is 5.10 Å². The maximum absolute atomic E-state index is 12.1. The number of hydrogen-bond donors (Lipinski definition) is 3. The minimum absolute atomic E-state index is 0.141. The number of aromatic nitrogens is 4. The highest BCUT2D eigenvalue weighted by Crippen LogP contribution is 2.16. The average Bonchev–Trinajstić information content (AvgIpc) is 3.14. The summed E-state index contributed by atoms with van der Waals surface area (Å²) in [6, 6.07) is 13.0. The Morgan fingerprint density at radius 2 is 2.03 bits per heavy atom. The Hall–Kier alpha value is -3.60. The van der Waals surface area contributed by atoms with Gasteiger partial charge >= 0.3 is 0 Å². The van der Waals surface area contributed by atoms with E-state index >= 15 is 0 Å². The number of hydrogen-bond acceptors (Lipinski definition) is 9. The van der Waals surface area contributed by atoms with Crippen LogP contribution in [-0.4, -0.2) is 44.3 Å². The highest BCUT2D eigenvalue weighted by atomic mass is 32.2. The second-order valence-corrected chi connectivity index (χ2v) is 7.06. The third-order valence-electron chi connectivity index (χ3n) is 4.00. The molecule has 1 aromatic carbocycles. The molecule has 0 unspecified atom stereocenters. The van der Waals surface area contributed by atoms with Crippen molar-refractivity contribution < 1.29 is 9.53 Å². The quantitative estimate of drug-likeness (QED) is 0.204. The van der Waals surface area contributed by atoms with Crippen molar-refractivity contribution in [2.24, 2.45) is 5.10 Å². The van der Waals surface area contributed by atoms with Gasteiger partial charge in [-0.15, -0.1) is 10.2 Å². The summed E-state index contributed by atoms with van der Waals surface area (Å²) in [6.07, 6.45) is 1.69. The van der Waals surface area contributed by atoms with Crippen LogP contribution in [0.2, 0.25) is 0 Å². The SMILES string of the molecule is COc1ccc(CNC(=O)CSc2nnc(N/N=C(\C)c3ccccn3)n2N)cc1. The Kier molecular flexibility index (Phi) is 7.22. The summed E-state index contributed by atoms with van der Waals surface area (Å²) >= 11 is 1.18. The number of nitrogens with one attached hydrogen (secondary N) is 2. The Morgan fingerprint density at radius 3 is 2.73 bits per heavy atom. The molecule has 11 heteroatoms. The Morgan fingerprint density at radius 1 is 1.23 bits per heavy atom. The second-order valence-electron chi connectivity index (χ2n) is 6.11. The van der Waals surface area contributed by atoms with E-state index in [1.807, 2.05) is 49.4 Å². The van der Waals surface area contributed by atoms with Gasteiger partial charge in [-0.05, 0) is 36.8 Å². The number of thioether (sulfide) groups is 1. The van der Waals surface area contributed by atoms with E-state index in [4.69, 9.17) is 10.6 Å². The Labute approximate surface area is 177 Å². The van der Waals surface area contributed by atoms with Crippen molar-refractivity contribution in [3.05, 3.63) is 59.9 Å². The third-order valence-corrected chi connectivity index (χ3v) is 4.95. The predicted octanol–water partition coefficient (Wildman–Crippen LogP) is 1.64. The van der Waals surface area contributed by atoms with E-state index in [2.05, 4.69) is 31.0 Å². The largest absolute Gasteiger partial charge is 0.497 e. The molecule has 0 spiro atoms. The van der Waals surface area contributed by atoms with Crippen LogP contribution in [0, 0.1) is 0 Å². The monoisotopic (exact) mass is 426 g/mol. The van der Waals surface area contributed by atoms with Crippen molar-refractivity contribution in [2.45, 2.75) is 18.6 Å². The zero-order chi connectivity index (χ0) is 21.3. The molecule has 0 fully saturated rings. The van der Waals surface area contributed by atoms with Crippen LogP contribution in [0.3, 0.4) is 0 Å². The molecule has 2 heterocycles. The lowest BCUT2D eigenvalue weighted by molar-refractivity contribution is -0.118. The van der Waals surface area contributed by atoms with E-state index in [0.29, 0.717) is 17.4 Å². The highest BCUT2D eigenvalue weighted by molar-refractivity contribution is 7.99. The molecule has 0 saturated carbocycles. The molecule has 0 bridgehead atoms. The standard InChI is InChI=1S/C19H22N8O2S/c1-13(16-5-3-4-10-21-16)23-24-18-25-26-19(27(18)20)30-12-17(28)22-11-14-6-8-15(29-2)9-7-14/h3-10H,11-12,20H2,1-2H3,(H,22,28)(H,24,25)/b23-13+. The minimum Gasteiger partial charge on any atom is -0.497 e. The van der Waals surface area contributed by atoms with Crippen molar-refractivity contribution in [3.63, 3.8) is 0 Å². The fourth-order valence-electron chi connectivity index (χ4n) is 2.34. The molecule has 0 aliphatic carbocycles. The molecule has 10 nitrogen and oxygen atoms in total. The van der Waals surface area contributed by atoms with Gasteiger partial charge in [-0.3, -0.25) is 9.78 Å². The predicted molar refractivity (Wildman–Crippen MR) is 116 cm³/mol. The molecule has 3 rings (SSSR count). The van der Waals surface area contributed by atoms with Crippen LogP contribution in [-0.2, 0) is 11.3 Å². The number of hydrazone groups is 1. The Bertz CT molecular complexity index is 1010. The van der Waals surface area contributed by atoms with Crippen LogP contribution in [0.5, 0.6) is 5.75 Å². The van der Waals surface area contributed by atoms with Crippen molar-refractivity contribution in [1.29, 1.82) is 0 Å². The lowest BCUT2D eigenvalue weighted by Crippen LogP contribution is -2.25. The fourth-order valence-corrected chi connectivity index (χ4v) is 3.03. The van der Waals surface area contributed by atoms with Gasteiger partial charge in [0, 0.05) is 12.7 Å². The maximum Gasteiger partial charge on any atom is 0.264 e. The van der Waals surface area contributed by atoms with Crippen molar-refractivity contribution in [1.82, 2.24) is 25.2 Å². The molecule has 4 N–H and O–H groups in total. The number of pyridine rings is 1. The van der Waals surface area contributed by atoms with Crippen LogP contribution in [0.15, 0.2) is 58.9 Å². The molecule has 1 amide bonds. The van der Waals surface area contributed by atoms with Gasteiger partial charge in [0.2, 0.25) is 11.1 Å². The molecule has 0 saturated heterocycles. The molecule has 156 valence electrons. The number of nitrogen functional groups attached to an aromatic ring is 1. The van der Waals surface area contributed by atoms with Gasteiger partial charge in [0.05, 0.1) is 24.3 Å². The number of anilines is 1. The van der Waals surface area contributed by atoms with E-state index < -0.39 is 0 Å². The van der Waals surface area contributed by atoms with E-state index in [9.17, 15) is 4.79 Å². The lowest BCUT2D eigenvalue weighted by Gasteiger charge is -2.06. The normalized spacial score (nSPS) is 11.2. The molecule has 0 atom stereocenters. The van der Waals surface area contributed by atoms with E-state index in [1.54, 1.807) is 13.3 Å². The fraction of sp³-hybridized carbons (Fsp3) is 0.211. The molecule has 0 radical (unpaired) electrons. The number of benzene rings is 1. The van der Waals surface area contributed by atoms with Crippen LogP contribution in [0.1, 0.15) is 18.2 Å². The van der Waals surface area contributed by atoms with Crippen molar-refractivity contribution in [3.8, 4) is 5.75 Å². The number of ether oxygens (including phenoxy) is 1. The number of carbonyl (C=O) groups is 1. The van der Waals surface area contributed by atoms with Crippen LogP contribution in [0.25, 0.3) is 0 Å². The van der Waals surface area contributed by atoms with Crippen molar-refractivity contribution >= 4 is 29.3 Å². The summed E-state index contributed by atoms with van der Waals surface area (Å²) < 4.78 is 6.36. The summed E-state index contributed by atoms with van der Waals surface area (Å²) in [6.45, 7) is 2.24. The summed E-state index contributed by atoms with van der Waals surface area (Å²) in [4.78, 5) is 16.3. The number of amides is 1. The third kappa shape index (κ3) is 5.70. The topological polar surface area (TPSA) is 132 Å². The van der Waals surface area contributed by atoms with Crippen LogP contribution in [0.4, 0.5) is 5.95 Å². The average molecular weight is 427 g/mol. The molecule has 30 heavy (non-hydrogen) atoms. The summed E-state index contributed by atoms with van der Waals surface area (Å²) in [5.74, 6) is 7.03. The summed E-state index contributed by atoms with van der Waals surface area (Å²) in [5, 5.41) is 15.4. The van der Waals surface area contributed by atoms with Gasteiger partial charge in [0.15, 0.2) is 0 Å². The minimum atomic E-state index is -0.141. The van der Waals surface area contributed by atoms with Crippen LogP contribution >= 0.6 is 11.8 Å². The van der Waals surface area contributed by atoms with Gasteiger partial charge in [0.1, 0.15) is 5.75 Å². The Balaban J connectivity index is 1.49. The molecule has 3 aromatic rings. The second kappa shape index (κ2) is 10.3. The summed E-state index contributed by atoms with van der Waals surface area (Å²) in [7, 11) is 1.61. The van der Waals surface area contributed by atoms with Gasteiger partial charge in [-0.1, -0.05) is 30.0 Å². The van der Waals surface area contributed by atoms with Crippen molar-refractivity contribution in [2.75, 3.05) is 24.1 Å². The number of nitrogens with zero attached hydrogens (tertiary/aromatic N) is 5. The van der Waals surface area contributed by atoms with E-state index in [-0.39, 0.29) is 17.6 Å². The number of nitrogens with two attached hydrogens (primary N) is 1. The van der Waals surface area contributed by atoms with Crippen LogP contribution < -0.4 is 21.3 Å². The first-order valence-corrected chi connectivity index (χ1v) is 10.00. The van der Waals surface area contributed by atoms with E-state index in [1.165, 1.54) is 16.4 Å². The first kappa shape index (κ1) is 21.1. The van der Waals surface area contributed by atoms with Gasteiger partial charge < -0.3 is 15.9 Å². The van der Waals surface area contributed by atoms with E-state index in [0.717, 1.165) is 17.0 Å². The lowest BCUT2D eigenvalue weighted by atomic mass is 10.2. The first-order valence-electron chi connectivity index (χ1n) is 9.01. The number of carbonyl (C=O) groups excluding carboxylic acids is 1. The van der Waals surface area contributed by atoms with Gasteiger partial charge in [0.25, 0.3) is 5.95 Å². The highest BCUT2D eigenvalue weighted by Gasteiger charge is 2.12. The molecule has 0 aliphatic heterocycles. The van der Waals surface area contributed by atoms with Gasteiger partial charge in [-0.25, -0.2) is 10.1 Å². The number of rotatable bonds is 9. The zero-order valence-electron chi connectivity index (χ0n) is 16.6.